The van der Waals surface area contributed by atoms with Crippen molar-refractivity contribution in [3.8, 4) is 0 Å². The number of anilines is 3. The summed E-state index contributed by atoms with van der Waals surface area (Å²) in [6.07, 6.45) is 1.97. The molecule has 0 aliphatic carbocycles. The number of nitrogen functional groups attached to an aromatic ring is 1. The Kier molecular flexibility index (Phi) is 4.53. The van der Waals surface area contributed by atoms with E-state index in [1.165, 1.54) is 11.9 Å². The second-order valence-electron chi connectivity index (χ2n) is 4.38. The lowest BCUT2D eigenvalue weighted by molar-refractivity contribution is 0.102. The molecule has 2 aromatic carbocycles. The van der Waals surface area contributed by atoms with Gasteiger partial charge in [0.15, 0.2) is 0 Å². The molecular formula is C15H17N3OS. The Morgan fingerprint density at radius 2 is 1.95 bits per heavy atom. The zero-order chi connectivity index (χ0) is 14.5. The summed E-state index contributed by atoms with van der Waals surface area (Å²) in [5.74, 6) is -0.201. The van der Waals surface area contributed by atoms with E-state index in [-0.39, 0.29) is 5.91 Å². The number of hydrogen-bond acceptors (Lipinski definition) is 4. The normalized spacial score (nSPS) is 10.1. The minimum absolute atomic E-state index is 0.201. The highest BCUT2D eigenvalue weighted by Gasteiger charge is 2.09. The first-order valence-electron chi connectivity index (χ1n) is 6.17. The van der Waals surface area contributed by atoms with Crippen LogP contribution in [-0.4, -0.2) is 12.2 Å². The molecule has 104 valence electrons. The molecule has 4 nitrogen and oxygen atoms in total. The molecule has 0 atom stereocenters. The van der Waals surface area contributed by atoms with Gasteiger partial charge in [0.1, 0.15) is 0 Å². The Bertz CT molecular complexity index is 628. The summed E-state index contributed by atoms with van der Waals surface area (Å²) in [6, 6.07) is 12.8. The Hall–Kier alpha value is -2.14. The molecule has 0 saturated heterocycles. The van der Waals surface area contributed by atoms with Gasteiger partial charge in [-0.1, -0.05) is 24.1 Å². The van der Waals surface area contributed by atoms with E-state index in [0.717, 1.165) is 16.9 Å². The summed E-state index contributed by atoms with van der Waals surface area (Å²) in [5.41, 5.74) is 9.61. The van der Waals surface area contributed by atoms with Crippen LogP contribution in [0.25, 0.3) is 0 Å². The molecule has 0 spiro atoms. The zero-order valence-corrected chi connectivity index (χ0v) is 12.3. The van der Waals surface area contributed by atoms with Crippen LogP contribution in [0.2, 0.25) is 0 Å². The Balaban J connectivity index is 2.16. The SMILES string of the molecule is CSNc1ccc(NC(=O)c2ccccc2N)cc1C. The van der Waals surface area contributed by atoms with E-state index < -0.39 is 0 Å². The van der Waals surface area contributed by atoms with Crippen LogP contribution < -0.4 is 15.8 Å². The molecular weight excluding hydrogens is 270 g/mol. The van der Waals surface area contributed by atoms with Gasteiger partial charge in [-0.25, -0.2) is 0 Å². The third-order valence-corrected chi connectivity index (χ3v) is 3.33. The molecule has 0 radical (unpaired) electrons. The number of rotatable bonds is 4. The van der Waals surface area contributed by atoms with Crippen LogP contribution in [0.5, 0.6) is 0 Å². The van der Waals surface area contributed by atoms with Crippen molar-refractivity contribution in [2.75, 3.05) is 22.0 Å². The lowest BCUT2D eigenvalue weighted by atomic mass is 10.1. The maximum atomic E-state index is 12.1. The van der Waals surface area contributed by atoms with Gasteiger partial charge >= 0.3 is 0 Å². The number of carbonyl (C=O) groups is 1. The molecule has 0 aromatic heterocycles. The van der Waals surface area contributed by atoms with E-state index in [0.29, 0.717) is 11.3 Å². The Morgan fingerprint density at radius 3 is 2.60 bits per heavy atom. The minimum atomic E-state index is -0.201. The van der Waals surface area contributed by atoms with Crippen molar-refractivity contribution in [1.82, 2.24) is 0 Å². The van der Waals surface area contributed by atoms with Gasteiger partial charge < -0.3 is 15.8 Å². The van der Waals surface area contributed by atoms with Gasteiger partial charge in [-0.15, -0.1) is 0 Å². The molecule has 1 amide bonds. The van der Waals surface area contributed by atoms with E-state index in [1.54, 1.807) is 24.3 Å². The second kappa shape index (κ2) is 6.34. The van der Waals surface area contributed by atoms with Gasteiger partial charge in [0.25, 0.3) is 5.91 Å². The molecule has 0 aliphatic heterocycles. The lowest BCUT2D eigenvalue weighted by Gasteiger charge is -2.11. The fourth-order valence-electron chi connectivity index (χ4n) is 1.87. The third-order valence-electron chi connectivity index (χ3n) is 2.90. The summed E-state index contributed by atoms with van der Waals surface area (Å²) < 4.78 is 3.18. The van der Waals surface area contributed by atoms with E-state index >= 15 is 0 Å². The highest BCUT2D eigenvalue weighted by Crippen LogP contribution is 2.22. The summed E-state index contributed by atoms with van der Waals surface area (Å²) in [5, 5.41) is 2.86. The third kappa shape index (κ3) is 3.24. The highest BCUT2D eigenvalue weighted by molar-refractivity contribution is 7.99. The maximum absolute atomic E-state index is 12.1. The zero-order valence-electron chi connectivity index (χ0n) is 11.4. The molecule has 4 N–H and O–H groups in total. The maximum Gasteiger partial charge on any atom is 0.257 e. The lowest BCUT2D eigenvalue weighted by Crippen LogP contribution is -2.14. The molecule has 0 saturated carbocycles. The number of benzene rings is 2. The predicted molar refractivity (Wildman–Crippen MR) is 87.1 cm³/mol. The van der Waals surface area contributed by atoms with Crippen LogP contribution in [-0.2, 0) is 0 Å². The number of aryl methyl sites for hydroxylation is 1. The molecule has 0 unspecified atom stereocenters. The average molecular weight is 287 g/mol. The van der Waals surface area contributed by atoms with E-state index in [9.17, 15) is 4.79 Å². The summed E-state index contributed by atoms with van der Waals surface area (Å²) in [4.78, 5) is 12.1. The average Bonchev–Trinajstić information content (AvgIpc) is 2.42. The number of nitrogens with one attached hydrogen (secondary N) is 2. The number of hydrogen-bond donors (Lipinski definition) is 3. The van der Waals surface area contributed by atoms with Gasteiger partial charge in [0.2, 0.25) is 0 Å². The van der Waals surface area contributed by atoms with Crippen LogP contribution in [0.15, 0.2) is 42.5 Å². The number of amides is 1. The standard InChI is InChI=1S/C15H17N3OS/c1-10-9-11(7-8-14(10)18-20-2)17-15(19)12-5-3-4-6-13(12)16/h3-9,18H,16H2,1-2H3,(H,17,19). The number of para-hydroxylation sites is 1. The molecule has 0 bridgehead atoms. The van der Waals surface area contributed by atoms with E-state index in [1.807, 2.05) is 31.4 Å². The van der Waals surface area contributed by atoms with Gasteiger partial charge in [-0.2, -0.15) is 0 Å². The van der Waals surface area contributed by atoms with Crippen molar-refractivity contribution in [2.24, 2.45) is 0 Å². The number of carbonyl (C=O) groups excluding carboxylic acids is 1. The van der Waals surface area contributed by atoms with Crippen molar-refractivity contribution in [1.29, 1.82) is 0 Å². The fraction of sp³-hybridized carbons (Fsp3) is 0.133. The highest BCUT2D eigenvalue weighted by atomic mass is 32.2. The summed E-state index contributed by atoms with van der Waals surface area (Å²) >= 11 is 1.53. The minimum Gasteiger partial charge on any atom is -0.398 e. The first-order chi connectivity index (χ1) is 9.61. The van der Waals surface area contributed by atoms with Crippen molar-refractivity contribution >= 4 is 34.9 Å². The van der Waals surface area contributed by atoms with Gasteiger partial charge in [-0.05, 0) is 42.8 Å². The van der Waals surface area contributed by atoms with Crippen LogP contribution in [0.1, 0.15) is 15.9 Å². The smallest absolute Gasteiger partial charge is 0.257 e. The van der Waals surface area contributed by atoms with Crippen molar-refractivity contribution in [3.05, 3.63) is 53.6 Å². The first-order valence-corrected chi connectivity index (χ1v) is 7.40. The Morgan fingerprint density at radius 1 is 1.20 bits per heavy atom. The Labute approximate surface area is 122 Å². The number of nitrogens with two attached hydrogens (primary N) is 1. The van der Waals surface area contributed by atoms with Crippen molar-refractivity contribution < 1.29 is 4.79 Å². The van der Waals surface area contributed by atoms with Crippen molar-refractivity contribution in [2.45, 2.75) is 6.92 Å². The predicted octanol–water partition coefficient (Wildman–Crippen LogP) is 3.52. The molecule has 0 fully saturated rings. The molecule has 20 heavy (non-hydrogen) atoms. The van der Waals surface area contributed by atoms with Gasteiger partial charge in [-0.3, -0.25) is 4.79 Å². The van der Waals surface area contributed by atoms with Crippen LogP contribution in [0.3, 0.4) is 0 Å². The molecule has 0 heterocycles. The molecule has 2 aromatic rings. The largest absolute Gasteiger partial charge is 0.398 e. The van der Waals surface area contributed by atoms with Crippen LogP contribution in [0.4, 0.5) is 17.1 Å². The van der Waals surface area contributed by atoms with Gasteiger partial charge in [0, 0.05) is 23.3 Å². The van der Waals surface area contributed by atoms with Crippen LogP contribution >= 0.6 is 11.9 Å². The van der Waals surface area contributed by atoms with E-state index in [2.05, 4.69) is 10.0 Å². The monoisotopic (exact) mass is 287 g/mol. The second-order valence-corrected chi connectivity index (χ2v) is 4.99. The summed E-state index contributed by atoms with van der Waals surface area (Å²) in [7, 11) is 0. The molecule has 5 heteroatoms. The topological polar surface area (TPSA) is 67.1 Å². The molecule has 0 aliphatic rings. The summed E-state index contributed by atoms with van der Waals surface area (Å²) in [6.45, 7) is 1.99. The van der Waals surface area contributed by atoms with Gasteiger partial charge in [0.05, 0.1) is 5.56 Å². The first kappa shape index (κ1) is 14.3. The molecule has 2 rings (SSSR count). The van der Waals surface area contributed by atoms with Crippen molar-refractivity contribution in [3.63, 3.8) is 0 Å². The van der Waals surface area contributed by atoms with E-state index in [4.69, 9.17) is 5.73 Å². The quantitative estimate of drug-likeness (QED) is 0.594. The fourth-order valence-corrected chi connectivity index (χ4v) is 2.32. The van der Waals surface area contributed by atoms with Crippen LogP contribution in [0, 0.1) is 6.92 Å².